The van der Waals surface area contributed by atoms with Crippen molar-refractivity contribution in [3.63, 3.8) is 0 Å². The monoisotopic (exact) mass is 268 g/mol. The standard InChI is InChI=1S/C11H19F3N2O2/c1-9(2,3)18-8(17)16-6-10(7-16,15(4)5)11(12,13)14/h6-7H2,1-5H3. The van der Waals surface area contributed by atoms with Crippen molar-refractivity contribution >= 4 is 6.09 Å². The summed E-state index contributed by atoms with van der Waals surface area (Å²) in [6.07, 6.45) is -5.07. The van der Waals surface area contributed by atoms with Crippen molar-refractivity contribution in [1.29, 1.82) is 0 Å². The number of hydrogen-bond acceptors (Lipinski definition) is 3. The predicted octanol–water partition coefficient (Wildman–Crippen LogP) is 2.10. The summed E-state index contributed by atoms with van der Waals surface area (Å²) in [4.78, 5) is 13.8. The Morgan fingerprint density at radius 1 is 1.22 bits per heavy atom. The summed E-state index contributed by atoms with van der Waals surface area (Å²) in [5, 5.41) is 0. The van der Waals surface area contributed by atoms with Crippen LogP contribution in [0.4, 0.5) is 18.0 Å². The van der Waals surface area contributed by atoms with E-state index in [1.165, 1.54) is 14.1 Å². The molecule has 1 rings (SSSR count). The smallest absolute Gasteiger partial charge is 0.410 e. The molecule has 1 amide bonds. The van der Waals surface area contributed by atoms with Crippen molar-refractivity contribution in [3.05, 3.63) is 0 Å². The van der Waals surface area contributed by atoms with Gasteiger partial charge in [-0.05, 0) is 34.9 Å². The third-order valence-corrected chi connectivity index (χ3v) is 2.94. The lowest BCUT2D eigenvalue weighted by Crippen LogP contribution is -2.76. The van der Waals surface area contributed by atoms with Crippen LogP contribution >= 0.6 is 0 Å². The summed E-state index contributed by atoms with van der Waals surface area (Å²) in [5.41, 5.74) is -2.66. The van der Waals surface area contributed by atoms with Crippen LogP contribution in [0.2, 0.25) is 0 Å². The molecule has 0 aliphatic carbocycles. The Bertz CT molecular complexity index is 328. The van der Waals surface area contributed by atoms with Crippen LogP contribution in [0.5, 0.6) is 0 Å². The fraction of sp³-hybridized carbons (Fsp3) is 0.909. The number of ether oxygens (including phenoxy) is 1. The van der Waals surface area contributed by atoms with Crippen molar-refractivity contribution in [3.8, 4) is 0 Å². The SMILES string of the molecule is CN(C)C1(C(F)(F)F)CN(C(=O)OC(C)(C)C)C1. The first-order chi connectivity index (χ1) is 7.89. The fourth-order valence-corrected chi connectivity index (χ4v) is 1.76. The average Bonchev–Trinajstić information content (AvgIpc) is 1.92. The van der Waals surface area contributed by atoms with Crippen molar-refractivity contribution < 1.29 is 22.7 Å². The number of carbonyl (C=O) groups is 1. The zero-order valence-electron chi connectivity index (χ0n) is 11.3. The van der Waals surface area contributed by atoms with E-state index in [4.69, 9.17) is 4.74 Å². The van der Waals surface area contributed by atoms with Gasteiger partial charge in [-0.15, -0.1) is 0 Å². The molecule has 0 saturated carbocycles. The molecule has 1 aliphatic rings. The maximum atomic E-state index is 13.0. The number of likely N-dealkylation sites (N-methyl/N-ethyl adjacent to an activating group) is 1. The van der Waals surface area contributed by atoms with Gasteiger partial charge in [0, 0.05) is 0 Å². The number of rotatable bonds is 1. The van der Waals surface area contributed by atoms with Crippen LogP contribution in [0.1, 0.15) is 20.8 Å². The maximum absolute atomic E-state index is 13.0. The lowest BCUT2D eigenvalue weighted by atomic mass is 9.88. The Kier molecular flexibility index (Phi) is 3.60. The highest BCUT2D eigenvalue weighted by Crippen LogP contribution is 2.41. The lowest BCUT2D eigenvalue weighted by molar-refractivity contribution is -0.260. The van der Waals surface area contributed by atoms with Gasteiger partial charge in [0.05, 0.1) is 13.1 Å². The third-order valence-electron chi connectivity index (χ3n) is 2.94. The Balaban J connectivity index is 2.69. The number of hydrogen-bond donors (Lipinski definition) is 0. The van der Waals surface area contributed by atoms with Gasteiger partial charge in [-0.25, -0.2) is 4.79 Å². The van der Waals surface area contributed by atoms with E-state index in [0.29, 0.717) is 0 Å². The van der Waals surface area contributed by atoms with Gasteiger partial charge >= 0.3 is 12.3 Å². The van der Waals surface area contributed by atoms with Gasteiger partial charge in [-0.3, -0.25) is 4.90 Å². The number of halogens is 3. The molecule has 1 aliphatic heterocycles. The van der Waals surface area contributed by atoms with E-state index in [9.17, 15) is 18.0 Å². The first-order valence-electron chi connectivity index (χ1n) is 5.61. The summed E-state index contributed by atoms with van der Waals surface area (Å²) in [6, 6.07) is 0. The van der Waals surface area contributed by atoms with Gasteiger partial charge in [0.15, 0.2) is 5.54 Å². The molecular formula is C11H19F3N2O2. The number of nitrogens with zero attached hydrogens (tertiary/aromatic N) is 2. The molecule has 0 aromatic carbocycles. The maximum Gasteiger partial charge on any atom is 0.410 e. The first-order valence-corrected chi connectivity index (χ1v) is 5.61. The minimum atomic E-state index is -4.37. The van der Waals surface area contributed by atoms with Crippen LogP contribution in [-0.4, -0.2) is 60.4 Å². The highest BCUT2D eigenvalue weighted by Gasteiger charge is 2.64. The van der Waals surface area contributed by atoms with Crippen LogP contribution < -0.4 is 0 Å². The molecule has 0 spiro atoms. The van der Waals surface area contributed by atoms with Gasteiger partial charge in [-0.2, -0.15) is 13.2 Å². The average molecular weight is 268 g/mol. The van der Waals surface area contributed by atoms with Crippen LogP contribution in [0.15, 0.2) is 0 Å². The van der Waals surface area contributed by atoms with Gasteiger partial charge < -0.3 is 9.64 Å². The summed E-state index contributed by atoms with van der Waals surface area (Å²) >= 11 is 0. The molecule has 0 aromatic rings. The second-order valence-electron chi connectivity index (χ2n) is 5.76. The lowest BCUT2D eigenvalue weighted by Gasteiger charge is -2.53. The van der Waals surface area contributed by atoms with E-state index in [1.54, 1.807) is 20.8 Å². The summed E-state index contributed by atoms with van der Waals surface area (Å²) in [7, 11) is 2.72. The molecule has 1 heterocycles. The van der Waals surface area contributed by atoms with Crippen LogP contribution in [-0.2, 0) is 4.74 Å². The molecule has 1 saturated heterocycles. The normalized spacial score (nSPS) is 19.7. The summed E-state index contributed by atoms with van der Waals surface area (Å²) < 4.78 is 43.9. The van der Waals surface area contributed by atoms with Gasteiger partial charge in [0.1, 0.15) is 5.60 Å². The zero-order chi connectivity index (χ0) is 14.4. The first kappa shape index (κ1) is 15.1. The molecule has 106 valence electrons. The highest BCUT2D eigenvalue weighted by molar-refractivity contribution is 5.70. The van der Waals surface area contributed by atoms with Crippen molar-refractivity contribution in [2.24, 2.45) is 0 Å². The fourth-order valence-electron chi connectivity index (χ4n) is 1.76. The predicted molar refractivity (Wildman–Crippen MR) is 60.3 cm³/mol. The number of amides is 1. The molecule has 1 fully saturated rings. The highest BCUT2D eigenvalue weighted by atomic mass is 19.4. The Labute approximate surface area is 105 Å². The molecular weight excluding hydrogens is 249 g/mol. The van der Waals surface area contributed by atoms with Gasteiger partial charge in [0.25, 0.3) is 0 Å². The Hall–Kier alpha value is -0.980. The molecule has 7 heteroatoms. The zero-order valence-corrected chi connectivity index (χ0v) is 11.3. The molecule has 0 atom stereocenters. The minimum absolute atomic E-state index is 0.390. The summed E-state index contributed by atoms with van der Waals surface area (Å²) in [6.45, 7) is 4.24. The second-order valence-corrected chi connectivity index (χ2v) is 5.76. The summed E-state index contributed by atoms with van der Waals surface area (Å²) in [5.74, 6) is 0. The Morgan fingerprint density at radius 2 is 1.67 bits per heavy atom. The van der Waals surface area contributed by atoms with Crippen LogP contribution in [0, 0.1) is 0 Å². The van der Waals surface area contributed by atoms with E-state index >= 15 is 0 Å². The van der Waals surface area contributed by atoms with E-state index in [0.717, 1.165) is 9.80 Å². The second kappa shape index (κ2) is 4.29. The molecule has 4 nitrogen and oxygen atoms in total. The molecule has 0 bridgehead atoms. The third kappa shape index (κ3) is 2.71. The number of likely N-dealkylation sites (tertiary alicyclic amines) is 1. The van der Waals surface area contributed by atoms with E-state index in [-0.39, 0.29) is 0 Å². The quantitative estimate of drug-likeness (QED) is 0.730. The van der Waals surface area contributed by atoms with E-state index < -0.39 is 36.5 Å². The van der Waals surface area contributed by atoms with Crippen molar-refractivity contribution in [2.75, 3.05) is 27.2 Å². The van der Waals surface area contributed by atoms with Crippen molar-refractivity contribution in [2.45, 2.75) is 38.1 Å². The van der Waals surface area contributed by atoms with E-state index in [1.807, 2.05) is 0 Å². The Morgan fingerprint density at radius 3 is 1.94 bits per heavy atom. The topological polar surface area (TPSA) is 32.8 Å². The molecule has 0 radical (unpaired) electrons. The number of carbonyl (C=O) groups excluding carboxylic acids is 1. The molecule has 18 heavy (non-hydrogen) atoms. The molecule has 0 aromatic heterocycles. The van der Waals surface area contributed by atoms with E-state index in [2.05, 4.69) is 0 Å². The largest absolute Gasteiger partial charge is 0.444 e. The minimum Gasteiger partial charge on any atom is -0.444 e. The van der Waals surface area contributed by atoms with Crippen molar-refractivity contribution in [1.82, 2.24) is 9.80 Å². The van der Waals surface area contributed by atoms with Crippen LogP contribution in [0.3, 0.4) is 0 Å². The van der Waals surface area contributed by atoms with Gasteiger partial charge in [-0.1, -0.05) is 0 Å². The van der Waals surface area contributed by atoms with Gasteiger partial charge in [0.2, 0.25) is 0 Å². The molecule has 0 N–H and O–H groups in total. The molecule has 0 unspecified atom stereocenters. The number of alkyl halides is 3. The van der Waals surface area contributed by atoms with Crippen LogP contribution in [0.25, 0.3) is 0 Å².